The Morgan fingerprint density at radius 3 is 2.06 bits per heavy atom. The second-order valence-electron chi connectivity index (χ2n) is 8.49. The molecule has 32 heavy (non-hydrogen) atoms. The third kappa shape index (κ3) is 3.24. The second-order valence-corrected chi connectivity index (χ2v) is 8.49. The smallest absolute Gasteiger partial charge is 0.266 e. The molecule has 5 rings (SSSR count). The first-order valence-corrected chi connectivity index (χ1v) is 10.7. The molecular weight excluding hydrogens is 402 g/mol. The Labute approximate surface area is 187 Å². The first-order valence-electron chi connectivity index (χ1n) is 10.7. The van der Waals surface area contributed by atoms with Crippen LogP contribution in [0.1, 0.15) is 17.2 Å². The van der Waals surface area contributed by atoms with E-state index in [0.717, 1.165) is 22.5 Å². The Morgan fingerprint density at radius 2 is 1.44 bits per heavy atom. The Bertz CT molecular complexity index is 1140. The van der Waals surface area contributed by atoms with E-state index in [4.69, 9.17) is 4.84 Å². The molecule has 0 unspecified atom stereocenters. The van der Waals surface area contributed by atoms with Crippen LogP contribution in [0.3, 0.4) is 0 Å². The third-order valence-electron chi connectivity index (χ3n) is 6.17. The number of anilines is 3. The van der Waals surface area contributed by atoms with Gasteiger partial charge in [0.15, 0.2) is 6.10 Å². The van der Waals surface area contributed by atoms with Crippen LogP contribution in [0.25, 0.3) is 0 Å². The number of fused-ring (bicyclic) bond motifs is 1. The zero-order valence-electron chi connectivity index (χ0n) is 18.3. The van der Waals surface area contributed by atoms with Crippen molar-refractivity contribution in [3.05, 3.63) is 90.0 Å². The highest BCUT2D eigenvalue weighted by Gasteiger charge is 2.60. The summed E-state index contributed by atoms with van der Waals surface area (Å²) in [6, 6.07) is 24.7. The predicted octanol–water partition coefficient (Wildman–Crippen LogP) is 4.11. The summed E-state index contributed by atoms with van der Waals surface area (Å²) in [5.41, 5.74) is 4.45. The van der Waals surface area contributed by atoms with Crippen LogP contribution in [0.15, 0.2) is 78.9 Å². The molecule has 0 N–H and O–H groups in total. The van der Waals surface area contributed by atoms with Crippen molar-refractivity contribution in [2.75, 3.05) is 29.0 Å². The lowest BCUT2D eigenvalue weighted by atomic mass is 9.90. The van der Waals surface area contributed by atoms with Gasteiger partial charge < -0.3 is 4.90 Å². The SMILES string of the molecule is Cc1ccc(N2C(=O)[C@H]3[C@H](ON(c4ccccc4)[C@@H]3c3ccc(N(C)C)cc3)C2=O)cc1. The van der Waals surface area contributed by atoms with Gasteiger partial charge >= 0.3 is 0 Å². The van der Waals surface area contributed by atoms with Gasteiger partial charge in [-0.25, -0.2) is 9.96 Å². The quantitative estimate of drug-likeness (QED) is 0.587. The molecule has 3 aromatic rings. The van der Waals surface area contributed by atoms with Crippen LogP contribution in [0.4, 0.5) is 17.1 Å². The summed E-state index contributed by atoms with van der Waals surface area (Å²) in [6.45, 7) is 1.97. The van der Waals surface area contributed by atoms with Crippen molar-refractivity contribution in [1.29, 1.82) is 0 Å². The summed E-state index contributed by atoms with van der Waals surface area (Å²) < 4.78 is 0. The number of benzene rings is 3. The van der Waals surface area contributed by atoms with Gasteiger partial charge in [0.2, 0.25) is 5.91 Å². The first kappa shape index (κ1) is 20.3. The van der Waals surface area contributed by atoms with Crippen LogP contribution < -0.4 is 14.9 Å². The summed E-state index contributed by atoms with van der Waals surface area (Å²) in [5.74, 6) is -1.18. The molecule has 0 aromatic heterocycles. The Morgan fingerprint density at radius 1 is 0.781 bits per heavy atom. The minimum atomic E-state index is -0.859. The molecule has 6 nitrogen and oxygen atoms in total. The van der Waals surface area contributed by atoms with Gasteiger partial charge in [0.05, 0.1) is 17.4 Å². The van der Waals surface area contributed by atoms with Crippen LogP contribution in [-0.2, 0) is 14.4 Å². The maximum absolute atomic E-state index is 13.6. The van der Waals surface area contributed by atoms with E-state index in [9.17, 15) is 9.59 Å². The average Bonchev–Trinajstić information content (AvgIpc) is 3.31. The minimum Gasteiger partial charge on any atom is -0.378 e. The number of hydrogen-bond acceptors (Lipinski definition) is 5. The highest BCUT2D eigenvalue weighted by atomic mass is 16.7. The Balaban J connectivity index is 1.56. The summed E-state index contributed by atoms with van der Waals surface area (Å²) in [6.07, 6.45) is -0.859. The molecule has 0 spiro atoms. The summed E-state index contributed by atoms with van der Waals surface area (Å²) in [5, 5.41) is 1.72. The number of para-hydroxylation sites is 1. The summed E-state index contributed by atoms with van der Waals surface area (Å²) in [7, 11) is 3.97. The minimum absolute atomic E-state index is 0.232. The predicted molar refractivity (Wildman–Crippen MR) is 124 cm³/mol. The second kappa shape index (κ2) is 7.80. The zero-order chi connectivity index (χ0) is 22.4. The fraction of sp³-hybridized carbons (Fsp3) is 0.231. The van der Waals surface area contributed by atoms with Crippen molar-refractivity contribution >= 4 is 28.9 Å². The number of amides is 2. The van der Waals surface area contributed by atoms with Crippen molar-refractivity contribution in [2.45, 2.75) is 19.1 Å². The first-order chi connectivity index (χ1) is 15.5. The number of hydroxylamine groups is 1. The van der Waals surface area contributed by atoms with Crippen molar-refractivity contribution < 1.29 is 14.4 Å². The standard InChI is InChI=1S/C26H25N3O3/c1-17-9-13-20(14-10-17)28-25(30)22-23(18-11-15-19(16-12-18)27(2)3)29(32-24(22)26(28)31)21-7-5-4-6-8-21/h4-16,22-24H,1-3H3/t22-,23-,24+/m1/s1. The molecule has 3 atom stereocenters. The fourth-order valence-corrected chi connectivity index (χ4v) is 4.47. The molecule has 2 amide bonds. The molecule has 0 bridgehead atoms. The van der Waals surface area contributed by atoms with Gasteiger partial charge in [0.25, 0.3) is 5.91 Å². The van der Waals surface area contributed by atoms with Gasteiger partial charge in [0, 0.05) is 19.8 Å². The lowest BCUT2D eigenvalue weighted by Crippen LogP contribution is -2.37. The van der Waals surface area contributed by atoms with E-state index in [1.807, 2.05) is 105 Å². The van der Waals surface area contributed by atoms with Gasteiger partial charge in [-0.05, 0) is 48.9 Å². The van der Waals surface area contributed by atoms with Crippen LogP contribution >= 0.6 is 0 Å². The summed E-state index contributed by atoms with van der Waals surface area (Å²) >= 11 is 0. The molecule has 2 aliphatic heterocycles. The lowest BCUT2D eigenvalue weighted by molar-refractivity contribution is -0.126. The number of aryl methyl sites for hydroxylation is 1. The topological polar surface area (TPSA) is 53.1 Å². The molecule has 162 valence electrons. The van der Waals surface area contributed by atoms with E-state index >= 15 is 0 Å². The molecule has 2 fully saturated rings. The van der Waals surface area contributed by atoms with Gasteiger partial charge in [-0.1, -0.05) is 48.0 Å². The van der Waals surface area contributed by atoms with Crippen LogP contribution in [-0.4, -0.2) is 32.0 Å². The van der Waals surface area contributed by atoms with Gasteiger partial charge in [-0.15, -0.1) is 0 Å². The number of carbonyl (C=O) groups excluding carboxylic acids is 2. The lowest BCUT2D eigenvalue weighted by Gasteiger charge is -2.29. The maximum atomic E-state index is 13.6. The van der Waals surface area contributed by atoms with E-state index in [1.54, 1.807) is 5.06 Å². The number of nitrogens with zero attached hydrogens (tertiary/aromatic N) is 3. The number of carbonyl (C=O) groups is 2. The number of rotatable bonds is 4. The Kier molecular flexibility index (Phi) is 4.94. The van der Waals surface area contributed by atoms with Crippen molar-refractivity contribution in [1.82, 2.24) is 0 Å². The largest absolute Gasteiger partial charge is 0.378 e. The third-order valence-corrected chi connectivity index (χ3v) is 6.17. The molecule has 0 radical (unpaired) electrons. The van der Waals surface area contributed by atoms with Crippen molar-refractivity contribution in [2.24, 2.45) is 5.92 Å². The number of hydrogen-bond donors (Lipinski definition) is 0. The summed E-state index contributed by atoms with van der Waals surface area (Å²) in [4.78, 5) is 36.4. The molecule has 2 aliphatic rings. The van der Waals surface area contributed by atoms with Crippen LogP contribution in [0.2, 0.25) is 0 Å². The molecule has 0 saturated carbocycles. The molecule has 2 saturated heterocycles. The van der Waals surface area contributed by atoms with Crippen LogP contribution in [0.5, 0.6) is 0 Å². The van der Waals surface area contributed by atoms with E-state index in [-0.39, 0.29) is 11.8 Å². The highest BCUT2D eigenvalue weighted by molar-refractivity contribution is 6.23. The molecule has 2 heterocycles. The molecular formula is C26H25N3O3. The highest BCUT2D eigenvalue weighted by Crippen LogP contribution is 2.47. The molecule has 3 aromatic carbocycles. The van der Waals surface area contributed by atoms with Crippen molar-refractivity contribution in [3.63, 3.8) is 0 Å². The van der Waals surface area contributed by atoms with Crippen molar-refractivity contribution in [3.8, 4) is 0 Å². The normalized spacial score (nSPS) is 22.4. The van der Waals surface area contributed by atoms with Gasteiger partial charge in [0.1, 0.15) is 5.92 Å². The van der Waals surface area contributed by atoms with Gasteiger partial charge in [-0.2, -0.15) is 0 Å². The van der Waals surface area contributed by atoms with E-state index in [2.05, 4.69) is 0 Å². The molecule has 0 aliphatic carbocycles. The van der Waals surface area contributed by atoms with E-state index in [1.165, 1.54) is 4.90 Å². The number of imide groups is 1. The monoisotopic (exact) mass is 427 g/mol. The fourth-order valence-electron chi connectivity index (χ4n) is 4.47. The van der Waals surface area contributed by atoms with Gasteiger partial charge in [-0.3, -0.25) is 14.4 Å². The average molecular weight is 428 g/mol. The zero-order valence-corrected chi connectivity index (χ0v) is 18.3. The molecule has 6 heteroatoms. The maximum Gasteiger partial charge on any atom is 0.266 e. The van der Waals surface area contributed by atoms with E-state index < -0.39 is 18.1 Å². The Hall–Kier alpha value is -3.64. The van der Waals surface area contributed by atoms with Crippen LogP contribution in [0, 0.1) is 12.8 Å². The van der Waals surface area contributed by atoms with E-state index in [0.29, 0.717) is 5.69 Å².